The molecule has 4 atom stereocenters. The fourth-order valence-corrected chi connectivity index (χ4v) is 4.42. The number of hydrogen-bond acceptors (Lipinski definition) is 2. The van der Waals surface area contributed by atoms with Gasteiger partial charge < -0.3 is 5.32 Å². The molecule has 0 spiro atoms. The molecule has 0 aromatic rings. The summed E-state index contributed by atoms with van der Waals surface area (Å²) in [5, 5.41) is 4.67. The summed E-state index contributed by atoms with van der Waals surface area (Å²) in [6, 6.07) is 0.788. The van der Waals surface area contributed by atoms with Crippen molar-refractivity contribution in [3.05, 3.63) is 0 Å². The number of rotatable bonds is 3. The Balaban J connectivity index is 1.69. The SMILES string of the molecule is CC1CCCC(CNC2CCCSC2C)C1. The molecule has 4 unspecified atom stereocenters. The van der Waals surface area contributed by atoms with Gasteiger partial charge in [0.05, 0.1) is 0 Å². The lowest BCUT2D eigenvalue weighted by Crippen LogP contribution is -2.42. The van der Waals surface area contributed by atoms with Crippen LogP contribution in [0.3, 0.4) is 0 Å². The minimum absolute atomic E-state index is 0.788. The Labute approximate surface area is 105 Å². The van der Waals surface area contributed by atoms with E-state index in [0.29, 0.717) is 0 Å². The van der Waals surface area contributed by atoms with Gasteiger partial charge in [0.2, 0.25) is 0 Å². The zero-order valence-electron chi connectivity index (χ0n) is 10.9. The zero-order valence-corrected chi connectivity index (χ0v) is 11.7. The predicted octanol–water partition coefficient (Wildman–Crippen LogP) is 3.69. The molecule has 1 aliphatic heterocycles. The Bertz CT molecular complexity index is 207. The van der Waals surface area contributed by atoms with Crippen LogP contribution in [0, 0.1) is 11.8 Å². The largest absolute Gasteiger partial charge is 0.313 e. The Kier molecular flexibility index (Phi) is 5.02. The van der Waals surface area contributed by atoms with Crippen molar-refractivity contribution in [1.29, 1.82) is 0 Å². The molecular weight excluding hydrogens is 214 g/mol. The van der Waals surface area contributed by atoms with Gasteiger partial charge in [-0.1, -0.05) is 26.7 Å². The first-order chi connectivity index (χ1) is 7.75. The average Bonchev–Trinajstić information content (AvgIpc) is 2.28. The minimum atomic E-state index is 0.788. The summed E-state index contributed by atoms with van der Waals surface area (Å²) in [6.07, 6.45) is 8.66. The summed E-state index contributed by atoms with van der Waals surface area (Å²) >= 11 is 2.15. The van der Waals surface area contributed by atoms with Crippen molar-refractivity contribution in [3.63, 3.8) is 0 Å². The second-order valence-electron chi connectivity index (χ2n) is 5.87. The Hall–Kier alpha value is 0.310. The molecule has 1 nitrogen and oxygen atoms in total. The Morgan fingerprint density at radius 2 is 2.00 bits per heavy atom. The smallest absolute Gasteiger partial charge is 0.0184 e. The van der Waals surface area contributed by atoms with Crippen LogP contribution in [-0.4, -0.2) is 23.6 Å². The zero-order chi connectivity index (χ0) is 11.4. The van der Waals surface area contributed by atoms with Crippen molar-refractivity contribution in [2.24, 2.45) is 11.8 Å². The van der Waals surface area contributed by atoms with Crippen molar-refractivity contribution in [2.45, 2.75) is 63.7 Å². The van der Waals surface area contributed by atoms with Gasteiger partial charge in [0.25, 0.3) is 0 Å². The highest BCUT2D eigenvalue weighted by Crippen LogP contribution is 2.29. The third-order valence-electron chi connectivity index (χ3n) is 4.32. The van der Waals surface area contributed by atoms with Gasteiger partial charge in [-0.15, -0.1) is 0 Å². The van der Waals surface area contributed by atoms with Crippen molar-refractivity contribution < 1.29 is 0 Å². The quantitative estimate of drug-likeness (QED) is 0.809. The monoisotopic (exact) mass is 241 g/mol. The molecule has 0 radical (unpaired) electrons. The highest BCUT2D eigenvalue weighted by Gasteiger charge is 2.24. The topological polar surface area (TPSA) is 12.0 Å². The lowest BCUT2D eigenvalue weighted by molar-refractivity contribution is 0.263. The van der Waals surface area contributed by atoms with Crippen LogP contribution in [0.4, 0.5) is 0 Å². The van der Waals surface area contributed by atoms with Crippen LogP contribution in [-0.2, 0) is 0 Å². The fourth-order valence-electron chi connectivity index (χ4n) is 3.25. The lowest BCUT2D eigenvalue weighted by Gasteiger charge is -2.33. The number of hydrogen-bond donors (Lipinski definition) is 1. The van der Waals surface area contributed by atoms with E-state index in [9.17, 15) is 0 Å². The van der Waals surface area contributed by atoms with Gasteiger partial charge >= 0.3 is 0 Å². The molecule has 1 N–H and O–H groups in total. The Morgan fingerprint density at radius 3 is 2.75 bits per heavy atom. The molecule has 94 valence electrons. The molecule has 1 saturated heterocycles. The van der Waals surface area contributed by atoms with E-state index in [-0.39, 0.29) is 0 Å². The molecule has 0 amide bonds. The summed E-state index contributed by atoms with van der Waals surface area (Å²) in [7, 11) is 0. The Morgan fingerprint density at radius 1 is 1.12 bits per heavy atom. The third-order valence-corrected chi connectivity index (χ3v) is 5.70. The van der Waals surface area contributed by atoms with Crippen LogP contribution in [0.2, 0.25) is 0 Å². The first-order valence-corrected chi connectivity index (χ1v) is 8.15. The van der Waals surface area contributed by atoms with Crippen molar-refractivity contribution in [2.75, 3.05) is 12.3 Å². The number of thioether (sulfide) groups is 1. The van der Waals surface area contributed by atoms with Crippen LogP contribution in [0.15, 0.2) is 0 Å². The molecule has 16 heavy (non-hydrogen) atoms. The van der Waals surface area contributed by atoms with Gasteiger partial charge in [0.1, 0.15) is 0 Å². The standard InChI is InChI=1S/C14H27NS/c1-11-5-3-6-13(9-11)10-15-14-7-4-8-16-12(14)2/h11-15H,3-10H2,1-2H3. The maximum Gasteiger partial charge on any atom is 0.0184 e. The van der Waals surface area contributed by atoms with E-state index >= 15 is 0 Å². The molecule has 1 aliphatic carbocycles. The summed E-state index contributed by atoms with van der Waals surface area (Å²) in [4.78, 5) is 0. The highest BCUT2D eigenvalue weighted by molar-refractivity contribution is 7.99. The van der Waals surface area contributed by atoms with E-state index < -0.39 is 0 Å². The maximum atomic E-state index is 3.84. The molecule has 2 rings (SSSR count). The van der Waals surface area contributed by atoms with Crippen molar-refractivity contribution in [1.82, 2.24) is 5.32 Å². The molecule has 0 bridgehead atoms. The van der Waals surface area contributed by atoms with E-state index in [1.165, 1.54) is 50.8 Å². The molecule has 2 fully saturated rings. The van der Waals surface area contributed by atoms with Gasteiger partial charge in [-0.3, -0.25) is 0 Å². The van der Waals surface area contributed by atoms with Gasteiger partial charge in [-0.05, 0) is 49.8 Å². The van der Waals surface area contributed by atoms with Crippen LogP contribution < -0.4 is 5.32 Å². The molecule has 2 heteroatoms. The minimum Gasteiger partial charge on any atom is -0.313 e. The van der Waals surface area contributed by atoms with Gasteiger partial charge in [0.15, 0.2) is 0 Å². The first-order valence-electron chi connectivity index (χ1n) is 7.10. The molecule has 2 aliphatic rings. The van der Waals surface area contributed by atoms with Crippen LogP contribution in [0.5, 0.6) is 0 Å². The van der Waals surface area contributed by atoms with E-state index in [0.717, 1.165) is 23.1 Å². The van der Waals surface area contributed by atoms with Gasteiger partial charge in [-0.2, -0.15) is 11.8 Å². The molecule has 1 heterocycles. The summed E-state index contributed by atoms with van der Waals surface area (Å²) < 4.78 is 0. The van der Waals surface area contributed by atoms with Crippen molar-refractivity contribution in [3.8, 4) is 0 Å². The fraction of sp³-hybridized carbons (Fsp3) is 1.00. The van der Waals surface area contributed by atoms with E-state index in [1.807, 2.05) is 0 Å². The molecule has 0 aromatic carbocycles. The van der Waals surface area contributed by atoms with Crippen LogP contribution in [0.1, 0.15) is 52.4 Å². The van der Waals surface area contributed by atoms with E-state index in [2.05, 4.69) is 30.9 Å². The third kappa shape index (κ3) is 3.66. The van der Waals surface area contributed by atoms with Crippen LogP contribution in [0.25, 0.3) is 0 Å². The second-order valence-corrected chi connectivity index (χ2v) is 7.36. The predicted molar refractivity (Wildman–Crippen MR) is 74.1 cm³/mol. The lowest BCUT2D eigenvalue weighted by atomic mass is 9.82. The van der Waals surface area contributed by atoms with E-state index in [4.69, 9.17) is 0 Å². The summed E-state index contributed by atoms with van der Waals surface area (Å²) in [5.74, 6) is 3.31. The van der Waals surface area contributed by atoms with Crippen LogP contribution >= 0.6 is 11.8 Å². The molecule has 0 aromatic heterocycles. The van der Waals surface area contributed by atoms with Gasteiger partial charge in [-0.25, -0.2) is 0 Å². The molecular formula is C14H27NS. The van der Waals surface area contributed by atoms with E-state index in [1.54, 1.807) is 0 Å². The highest BCUT2D eigenvalue weighted by atomic mass is 32.2. The van der Waals surface area contributed by atoms with Crippen molar-refractivity contribution >= 4 is 11.8 Å². The second kappa shape index (κ2) is 6.30. The normalized spacial score (nSPS) is 40.9. The number of nitrogens with one attached hydrogen (secondary N) is 1. The summed E-state index contributed by atoms with van der Waals surface area (Å²) in [5.41, 5.74) is 0. The average molecular weight is 241 g/mol. The first kappa shape index (κ1) is 12.8. The molecule has 1 saturated carbocycles. The van der Waals surface area contributed by atoms with Gasteiger partial charge in [0, 0.05) is 11.3 Å². The summed E-state index contributed by atoms with van der Waals surface area (Å²) in [6.45, 7) is 6.09. The maximum absolute atomic E-state index is 3.84.